The van der Waals surface area contributed by atoms with Crippen molar-refractivity contribution in [3.05, 3.63) is 204 Å². The standard InChI is InChI=1S/C62H60N2SSi/c1-41-21-23-49(45-17-13-11-14-18-45)39-59(41)63(55-35-29-51(37-43(55)3)65(5,6)7)57-33-27-47-26-32-54-58(34-28-48-25-31-53(57)61(47)62(48)54)64(56-36-30-52(38-44(56)4)66(8,9)10)60-40-50(24-22-42(60)2)46-19-15-12-16-20-46/h11-40H,1-10H3. The Hall–Kier alpha value is -6.59. The molecule has 0 atom stereocenters. The van der Waals surface area contributed by atoms with E-state index in [1.807, 2.05) is 0 Å². The number of aryl methyl sites for hydroxylation is 4. The van der Waals surface area contributed by atoms with Crippen LogP contribution in [-0.2, 0) is 0 Å². The van der Waals surface area contributed by atoms with Crippen molar-refractivity contribution in [3.63, 3.8) is 0 Å². The summed E-state index contributed by atoms with van der Waals surface area (Å²) in [4.78, 5) is 6.51. The van der Waals surface area contributed by atoms with Crippen LogP contribution in [0.4, 0.5) is 34.1 Å². The molecule has 0 aliphatic carbocycles. The normalized spacial score (nSPS) is 12.3. The van der Waals surface area contributed by atoms with Crippen molar-refractivity contribution in [2.75, 3.05) is 28.6 Å². The molecule has 0 radical (unpaired) electrons. The number of hydrogen-bond acceptors (Lipinski definition) is 2. The predicted octanol–water partition coefficient (Wildman–Crippen LogP) is 17.7. The molecule has 0 amide bonds. The van der Waals surface area contributed by atoms with Crippen LogP contribution in [0, 0.1) is 27.7 Å². The fourth-order valence-electron chi connectivity index (χ4n) is 9.89. The maximum Gasteiger partial charge on any atom is 0.0776 e. The van der Waals surface area contributed by atoms with Crippen molar-refractivity contribution in [1.82, 2.24) is 0 Å². The molecule has 0 unspecified atom stereocenters. The highest BCUT2D eigenvalue weighted by atomic mass is 32.3. The molecule has 0 saturated heterocycles. The van der Waals surface area contributed by atoms with E-state index in [4.69, 9.17) is 0 Å². The summed E-state index contributed by atoms with van der Waals surface area (Å²) >= 11 is 0. The first-order valence-corrected chi connectivity index (χ1v) is 29.5. The molecule has 10 aromatic carbocycles. The molecule has 66 heavy (non-hydrogen) atoms. The summed E-state index contributed by atoms with van der Waals surface area (Å²) < 4.78 is 0. The summed E-state index contributed by atoms with van der Waals surface area (Å²) in [5.74, 6) is 0. The van der Waals surface area contributed by atoms with Gasteiger partial charge in [0.25, 0.3) is 0 Å². The van der Waals surface area contributed by atoms with Gasteiger partial charge < -0.3 is 9.80 Å². The minimum atomic E-state index is -1.56. The fraction of sp³-hybridized carbons (Fsp3) is 0.161. The first-order chi connectivity index (χ1) is 31.7. The Morgan fingerprint density at radius 1 is 0.348 bits per heavy atom. The third-order valence-corrected chi connectivity index (χ3v) is 17.3. The van der Waals surface area contributed by atoms with Crippen molar-refractivity contribution in [2.45, 2.75) is 52.2 Å². The van der Waals surface area contributed by atoms with Crippen LogP contribution in [-0.4, -0.2) is 26.8 Å². The van der Waals surface area contributed by atoms with E-state index in [1.165, 1.54) is 121 Å². The molecule has 10 rings (SSSR count). The Balaban J connectivity index is 1.24. The number of hydrogen-bond donors (Lipinski definition) is 0. The van der Waals surface area contributed by atoms with E-state index in [9.17, 15) is 0 Å². The molecule has 328 valence electrons. The van der Waals surface area contributed by atoms with E-state index in [1.54, 1.807) is 0 Å². The summed E-state index contributed by atoms with van der Waals surface area (Å²) in [5.41, 5.74) is 17.0. The molecule has 0 aromatic heterocycles. The Morgan fingerprint density at radius 3 is 1.20 bits per heavy atom. The van der Waals surface area contributed by atoms with Crippen LogP contribution in [0.2, 0.25) is 19.6 Å². The van der Waals surface area contributed by atoms with E-state index < -0.39 is 18.1 Å². The van der Waals surface area contributed by atoms with Crippen molar-refractivity contribution in [2.24, 2.45) is 0 Å². The van der Waals surface area contributed by atoms with E-state index >= 15 is 0 Å². The van der Waals surface area contributed by atoms with Crippen LogP contribution in [0.3, 0.4) is 0 Å². The van der Waals surface area contributed by atoms with E-state index in [2.05, 4.69) is 258 Å². The molecule has 0 bridgehead atoms. The average Bonchev–Trinajstić information content (AvgIpc) is 3.31. The molecular weight excluding hydrogens is 833 g/mol. The minimum absolute atomic E-state index is 0.921. The quantitative estimate of drug-likeness (QED) is 0.0997. The number of anilines is 6. The highest BCUT2D eigenvalue weighted by molar-refractivity contribution is 8.32. The van der Waals surface area contributed by atoms with Crippen molar-refractivity contribution >= 4 is 89.7 Å². The van der Waals surface area contributed by atoms with Crippen molar-refractivity contribution < 1.29 is 0 Å². The van der Waals surface area contributed by atoms with Crippen LogP contribution < -0.4 is 15.0 Å². The van der Waals surface area contributed by atoms with Gasteiger partial charge in [-0.3, -0.25) is 0 Å². The minimum Gasteiger partial charge on any atom is -0.309 e. The lowest BCUT2D eigenvalue weighted by Gasteiger charge is -2.33. The van der Waals surface area contributed by atoms with Gasteiger partial charge in [0.1, 0.15) is 0 Å². The third-order valence-electron chi connectivity index (χ3n) is 13.6. The van der Waals surface area contributed by atoms with Crippen molar-refractivity contribution in [3.8, 4) is 22.3 Å². The third kappa shape index (κ3) is 7.76. The van der Waals surface area contributed by atoms with Crippen LogP contribution in [0.25, 0.3) is 54.6 Å². The molecule has 0 heterocycles. The number of nitrogens with zero attached hydrogens (tertiary/aromatic N) is 2. The maximum absolute atomic E-state index is 2.55. The summed E-state index contributed by atoms with van der Waals surface area (Å²) in [7, 11) is -2.48. The van der Waals surface area contributed by atoms with Gasteiger partial charge in [-0.2, -0.15) is 0 Å². The lowest BCUT2D eigenvalue weighted by Crippen LogP contribution is -2.37. The molecule has 0 aliphatic heterocycles. The topological polar surface area (TPSA) is 6.48 Å². The summed E-state index contributed by atoms with van der Waals surface area (Å²) in [5, 5.41) is 9.02. The molecule has 4 heteroatoms. The summed E-state index contributed by atoms with van der Waals surface area (Å²) in [6, 6.07) is 68.7. The molecule has 0 saturated carbocycles. The largest absolute Gasteiger partial charge is 0.309 e. The Morgan fingerprint density at radius 2 is 0.773 bits per heavy atom. The van der Waals surface area contributed by atoms with Crippen LogP contribution in [0.15, 0.2) is 187 Å². The summed E-state index contributed by atoms with van der Waals surface area (Å²) in [6.45, 7) is 16.4. The van der Waals surface area contributed by atoms with E-state index in [0.29, 0.717) is 0 Å². The first-order valence-electron chi connectivity index (χ1n) is 23.2. The van der Waals surface area contributed by atoms with E-state index in [-0.39, 0.29) is 0 Å². The molecular formula is C62H60N2SSi. The van der Waals surface area contributed by atoms with Crippen LogP contribution in [0.5, 0.6) is 0 Å². The molecule has 0 aliphatic rings. The van der Waals surface area contributed by atoms with Gasteiger partial charge in [-0.25, -0.2) is 10.0 Å². The fourth-order valence-corrected chi connectivity index (χ4v) is 12.1. The lowest BCUT2D eigenvalue weighted by molar-refractivity contribution is 1.22. The molecule has 2 nitrogen and oxygen atoms in total. The van der Waals surface area contributed by atoms with Crippen LogP contribution >= 0.6 is 10.0 Å². The lowest BCUT2D eigenvalue weighted by atomic mass is 9.91. The van der Waals surface area contributed by atoms with Gasteiger partial charge in [0.05, 0.1) is 19.4 Å². The monoisotopic (exact) mass is 892 g/mol. The zero-order chi connectivity index (χ0) is 46.1. The SMILES string of the molecule is Cc1cc([Si](C)(C)C)ccc1N(c1cc(-c2ccccc2)ccc1C)c1ccc2ccc3c(N(c4ccc(S(C)(C)C)cc4C)c4cc(-c5ccccc5)ccc4C)ccc4ccc1c2c43. The maximum atomic E-state index is 2.55. The second kappa shape index (κ2) is 16.7. The number of benzene rings is 10. The molecule has 0 fully saturated rings. The van der Waals surface area contributed by atoms with Gasteiger partial charge in [0.15, 0.2) is 0 Å². The van der Waals surface area contributed by atoms with Gasteiger partial charge in [-0.15, -0.1) is 0 Å². The van der Waals surface area contributed by atoms with Gasteiger partial charge in [-0.1, -0.05) is 158 Å². The summed E-state index contributed by atoms with van der Waals surface area (Å²) in [6.07, 6.45) is 7.15. The average molecular weight is 893 g/mol. The van der Waals surface area contributed by atoms with Crippen molar-refractivity contribution in [1.29, 1.82) is 0 Å². The van der Waals surface area contributed by atoms with E-state index in [0.717, 1.165) is 0 Å². The zero-order valence-corrected chi connectivity index (χ0v) is 41.9. The Bertz CT molecular complexity index is 3200. The van der Waals surface area contributed by atoms with Crippen LogP contribution in [0.1, 0.15) is 22.3 Å². The van der Waals surface area contributed by atoms with Gasteiger partial charge >= 0.3 is 0 Å². The van der Waals surface area contributed by atoms with Gasteiger partial charge in [0, 0.05) is 33.5 Å². The second-order valence-electron chi connectivity index (χ2n) is 20.0. The highest BCUT2D eigenvalue weighted by Gasteiger charge is 2.26. The highest BCUT2D eigenvalue weighted by Crippen LogP contribution is 2.51. The molecule has 0 N–H and O–H groups in total. The van der Waals surface area contributed by atoms with Gasteiger partial charge in [-0.05, 0) is 166 Å². The zero-order valence-electron chi connectivity index (χ0n) is 40.1. The Kier molecular flexibility index (Phi) is 10.9. The second-order valence-corrected chi connectivity index (χ2v) is 29.3. The number of rotatable bonds is 10. The van der Waals surface area contributed by atoms with Gasteiger partial charge in [0.2, 0.25) is 0 Å². The molecule has 10 aromatic rings. The Labute approximate surface area is 394 Å². The first kappa shape index (κ1) is 43.3. The smallest absolute Gasteiger partial charge is 0.0776 e. The molecule has 0 spiro atoms. The predicted molar refractivity (Wildman–Crippen MR) is 296 cm³/mol.